The lowest BCUT2D eigenvalue weighted by atomic mass is 10.0. The molecule has 0 saturated heterocycles. The highest BCUT2D eigenvalue weighted by atomic mass is 16.5. The Morgan fingerprint density at radius 2 is 2.11 bits per heavy atom. The molecule has 1 aromatic carbocycles. The van der Waals surface area contributed by atoms with Crippen LogP contribution < -0.4 is 10.5 Å². The van der Waals surface area contributed by atoms with Gasteiger partial charge in [-0.2, -0.15) is 0 Å². The predicted octanol–water partition coefficient (Wildman–Crippen LogP) is 2.25. The zero-order valence-electron chi connectivity index (χ0n) is 10.1. The van der Waals surface area contributed by atoms with Gasteiger partial charge in [0.2, 0.25) is 5.91 Å². The second-order valence-corrected chi connectivity index (χ2v) is 3.79. The van der Waals surface area contributed by atoms with Crippen LogP contribution in [0, 0.1) is 0 Å². The first kappa shape index (κ1) is 12.1. The smallest absolute Gasteiger partial charge is 0.248 e. The van der Waals surface area contributed by atoms with Crippen LogP contribution in [0.1, 0.15) is 17.3 Å². The van der Waals surface area contributed by atoms with E-state index in [1.54, 1.807) is 30.6 Å². The zero-order valence-corrected chi connectivity index (χ0v) is 10.1. The van der Waals surface area contributed by atoms with Crippen LogP contribution in [-0.2, 0) is 0 Å². The van der Waals surface area contributed by atoms with Gasteiger partial charge in [0, 0.05) is 17.3 Å². The lowest BCUT2D eigenvalue weighted by Crippen LogP contribution is -2.10. The predicted molar refractivity (Wildman–Crippen MR) is 69.4 cm³/mol. The van der Waals surface area contributed by atoms with Crippen molar-refractivity contribution in [3.05, 3.63) is 48.3 Å². The van der Waals surface area contributed by atoms with Gasteiger partial charge >= 0.3 is 0 Å². The third kappa shape index (κ3) is 2.66. The minimum Gasteiger partial charge on any atom is -0.492 e. The molecule has 0 bridgehead atoms. The fourth-order valence-corrected chi connectivity index (χ4v) is 1.67. The van der Waals surface area contributed by atoms with Crippen molar-refractivity contribution in [3.8, 4) is 16.9 Å². The average molecular weight is 242 g/mol. The summed E-state index contributed by atoms with van der Waals surface area (Å²) >= 11 is 0. The fraction of sp³-hybridized carbons (Fsp3) is 0.143. The van der Waals surface area contributed by atoms with E-state index in [4.69, 9.17) is 10.5 Å². The number of rotatable bonds is 4. The molecule has 0 unspecified atom stereocenters. The highest BCUT2D eigenvalue weighted by Crippen LogP contribution is 2.23. The molecule has 2 aromatic rings. The van der Waals surface area contributed by atoms with Crippen molar-refractivity contribution in [2.45, 2.75) is 6.92 Å². The molecule has 0 aliphatic rings. The summed E-state index contributed by atoms with van der Waals surface area (Å²) in [5.41, 5.74) is 7.52. The number of nitrogens with zero attached hydrogens (tertiary/aromatic N) is 1. The fourth-order valence-electron chi connectivity index (χ4n) is 1.67. The SMILES string of the molecule is CCOc1cncc(-c2cccc(C(N)=O)c2)c1. The van der Waals surface area contributed by atoms with Crippen molar-refractivity contribution in [2.24, 2.45) is 5.73 Å². The first-order valence-electron chi connectivity index (χ1n) is 5.69. The Morgan fingerprint density at radius 1 is 1.28 bits per heavy atom. The van der Waals surface area contributed by atoms with Crippen LogP contribution in [-0.4, -0.2) is 17.5 Å². The third-order valence-electron chi connectivity index (χ3n) is 2.50. The molecule has 1 heterocycles. The number of aromatic nitrogens is 1. The van der Waals surface area contributed by atoms with Gasteiger partial charge in [-0.05, 0) is 30.7 Å². The number of benzene rings is 1. The summed E-state index contributed by atoms with van der Waals surface area (Å²) in [6, 6.07) is 9.01. The Morgan fingerprint density at radius 3 is 2.83 bits per heavy atom. The monoisotopic (exact) mass is 242 g/mol. The number of ether oxygens (including phenoxy) is 1. The number of hydrogen-bond acceptors (Lipinski definition) is 3. The van der Waals surface area contributed by atoms with E-state index in [-0.39, 0.29) is 0 Å². The summed E-state index contributed by atoms with van der Waals surface area (Å²) in [6.07, 6.45) is 3.38. The van der Waals surface area contributed by atoms with Gasteiger partial charge < -0.3 is 10.5 Å². The van der Waals surface area contributed by atoms with Crippen molar-refractivity contribution in [1.82, 2.24) is 4.98 Å². The first-order chi connectivity index (χ1) is 8.70. The molecule has 0 fully saturated rings. The molecule has 1 amide bonds. The molecule has 0 aliphatic heterocycles. The second-order valence-electron chi connectivity index (χ2n) is 3.79. The lowest BCUT2D eigenvalue weighted by molar-refractivity contribution is 0.100. The molecule has 4 heteroatoms. The Hall–Kier alpha value is -2.36. The molecule has 0 spiro atoms. The normalized spacial score (nSPS) is 10.1. The van der Waals surface area contributed by atoms with E-state index in [0.29, 0.717) is 17.9 Å². The summed E-state index contributed by atoms with van der Waals surface area (Å²) in [5.74, 6) is 0.269. The molecule has 2 rings (SSSR count). The molecule has 0 atom stereocenters. The van der Waals surface area contributed by atoms with Crippen LogP contribution >= 0.6 is 0 Å². The van der Waals surface area contributed by atoms with Crippen LogP contribution in [0.3, 0.4) is 0 Å². The van der Waals surface area contributed by atoms with Crippen molar-refractivity contribution in [2.75, 3.05) is 6.61 Å². The summed E-state index contributed by atoms with van der Waals surface area (Å²) in [6.45, 7) is 2.51. The van der Waals surface area contributed by atoms with Crippen molar-refractivity contribution in [1.29, 1.82) is 0 Å². The summed E-state index contributed by atoms with van der Waals surface area (Å²) in [4.78, 5) is 15.2. The van der Waals surface area contributed by atoms with E-state index >= 15 is 0 Å². The number of nitrogens with two attached hydrogens (primary N) is 1. The van der Waals surface area contributed by atoms with Crippen molar-refractivity contribution >= 4 is 5.91 Å². The minimum atomic E-state index is -0.439. The van der Waals surface area contributed by atoms with Gasteiger partial charge in [-0.15, -0.1) is 0 Å². The van der Waals surface area contributed by atoms with E-state index in [1.165, 1.54) is 0 Å². The van der Waals surface area contributed by atoms with E-state index in [2.05, 4.69) is 4.98 Å². The molecule has 18 heavy (non-hydrogen) atoms. The molecule has 0 radical (unpaired) electrons. The van der Waals surface area contributed by atoms with Crippen molar-refractivity contribution in [3.63, 3.8) is 0 Å². The maximum atomic E-state index is 11.1. The van der Waals surface area contributed by atoms with Crippen LogP contribution in [0.4, 0.5) is 0 Å². The van der Waals surface area contributed by atoms with E-state index in [9.17, 15) is 4.79 Å². The third-order valence-corrected chi connectivity index (χ3v) is 2.50. The summed E-state index contributed by atoms with van der Waals surface area (Å²) in [5, 5.41) is 0. The standard InChI is InChI=1S/C14H14N2O2/c1-2-18-13-7-12(8-16-9-13)10-4-3-5-11(6-10)14(15)17/h3-9H,2H2,1H3,(H2,15,17). The van der Waals surface area contributed by atoms with Gasteiger partial charge in [-0.3, -0.25) is 9.78 Å². The molecule has 4 nitrogen and oxygen atoms in total. The number of hydrogen-bond donors (Lipinski definition) is 1. The molecule has 92 valence electrons. The van der Waals surface area contributed by atoms with Crippen LogP contribution in [0.15, 0.2) is 42.7 Å². The highest BCUT2D eigenvalue weighted by Gasteiger charge is 2.04. The van der Waals surface area contributed by atoms with Crippen LogP contribution in [0.5, 0.6) is 5.75 Å². The molecule has 0 saturated carbocycles. The van der Waals surface area contributed by atoms with Gasteiger partial charge in [0.1, 0.15) is 5.75 Å². The Bertz CT molecular complexity index is 567. The Balaban J connectivity index is 2.38. The van der Waals surface area contributed by atoms with Crippen LogP contribution in [0.2, 0.25) is 0 Å². The number of carbonyl (C=O) groups excluding carboxylic acids is 1. The first-order valence-corrected chi connectivity index (χ1v) is 5.69. The Labute approximate surface area is 105 Å². The molecular formula is C14H14N2O2. The van der Waals surface area contributed by atoms with Crippen LogP contribution in [0.25, 0.3) is 11.1 Å². The number of primary amides is 1. The van der Waals surface area contributed by atoms with Gasteiger partial charge in [-0.25, -0.2) is 0 Å². The number of amides is 1. The average Bonchev–Trinajstić information content (AvgIpc) is 2.39. The zero-order chi connectivity index (χ0) is 13.0. The molecule has 2 N–H and O–H groups in total. The second kappa shape index (κ2) is 5.31. The Kier molecular flexibility index (Phi) is 3.57. The lowest BCUT2D eigenvalue weighted by Gasteiger charge is -2.06. The number of carbonyl (C=O) groups is 1. The summed E-state index contributed by atoms with van der Waals surface area (Å²) < 4.78 is 5.39. The molecule has 1 aromatic heterocycles. The largest absolute Gasteiger partial charge is 0.492 e. The van der Waals surface area contributed by atoms with Gasteiger partial charge in [-0.1, -0.05) is 12.1 Å². The number of pyridine rings is 1. The minimum absolute atomic E-state index is 0.439. The van der Waals surface area contributed by atoms with Gasteiger partial charge in [0.25, 0.3) is 0 Å². The highest BCUT2D eigenvalue weighted by molar-refractivity contribution is 5.94. The maximum absolute atomic E-state index is 11.1. The van der Waals surface area contributed by atoms with Crippen molar-refractivity contribution < 1.29 is 9.53 Å². The van der Waals surface area contributed by atoms with E-state index < -0.39 is 5.91 Å². The topological polar surface area (TPSA) is 65.2 Å². The molecule has 0 aliphatic carbocycles. The summed E-state index contributed by atoms with van der Waals surface area (Å²) in [7, 11) is 0. The van der Waals surface area contributed by atoms with E-state index in [1.807, 2.05) is 19.1 Å². The van der Waals surface area contributed by atoms with Gasteiger partial charge in [0.15, 0.2) is 0 Å². The molecular weight excluding hydrogens is 228 g/mol. The maximum Gasteiger partial charge on any atom is 0.248 e. The van der Waals surface area contributed by atoms with E-state index in [0.717, 1.165) is 11.1 Å². The van der Waals surface area contributed by atoms with Gasteiger partial charge in [0.05, 0.1) is 12.8 Å². The quantitative estimate of drug-likeness (QED) is 0.894.